The monoisotopic (exact) mass is 257 g/mol. The number of carboxylic acids is 1. The third kappa shape index (κ3) is 5.81. The van der Waals surface area contributed by atoms with Crippen molar-refractivity contribution in [2.75, 3.05) is 25.0 Å². The number of carboxylic acid groups (broad SMARTS) is 1. The molecule has 1 saturated heterocycles. The van der Waals surface area contributed by atoms with Crippen molar-refractivity contribution in [1.29, 1.82) is 0 Å². The minimum absolute atomic E-state index is 0.107. The Morgan fingerprint density at radius 2 is 2.07 bits per heavy atom. The first-order chi connectivity index (χ1) is 7.02. The summed E-state index contributed by atoms with van der Waals surface area (Å²) in [4.78, 5) is 22.8. The number of nitrogens with zero attached hydrogens (tertiary/aromatic N) is 1. The number of hydrogen-bond acceptors (Lipinski definition) is 3. The second kappa shape index (κ2) is 7.73. The first-order valence-corrected chi connectivity index (χ1v) is 5.31. The SMILES string of the molecule is CC(=O)N1CCOC(C(=O)O)C1.ClCCl. The molecule has 1 unspecified atom stereocenters. The molecular formula is C8H13Cl2NO4. The highest BCUT2D eigenvalue weighted by atomic mass is 35.5. The van der Waals surface area contributed by atoms with Crippen LogP contribution in [0.1, 0.15) is 6.92 Å². The molecule has 0 aromatic heterocycles. The molecule has 5 nitrogen and oxygen atoms in total. The highest BCUT2D eigenvalue weighted by Crippen LogP contribution is 2.04. The van der Waals surface area contributed by atoms with Gasteiger partial charge in [0.1, 0.15) is 0 Å². The molecule has 0 saturated carbocycles. The molecule has 0 bridgehead atoms. The van der Waals surface area contributed by atoms with E-state index in [1.165, 1.54) is 11.8 Å². The van der Waals surface area contributed by atoms with Gasteiger partial charge >= 0.3 is 5.97 Å². The maximum Gasteiger partial charge on any atom is 0.334 e. The molecule has 0 radical (unpaired) electrons. The van der Waals surface area contributed by atoms with Crippen molar-refractivity contribution in [1.82, 2.24) is 4.90 Å². The molecule has 1 atom stereocenters. The molecule has 1 amide bonds. The van der Waals surface area contributed by atoms with Crippen LogP contribution >= 0.6 is 23.2 Å². The lowest BCUT2D eigenvalue weighted by Gasteiger charge is -2.29. The van der Waals surface area contributed by atoms with Crippen LogP contribution in [-0.2, 0) is 14.3 Å². The van der Waals surface area contributed by atoms with Gasteiger partial charge in [0, 0.05) is 13.5 Å². The maximum absolute atomic E-state index is 10.8. The number of carbonyl (C=O) groups excluding carboxylic acids is 1. The lowest BCUT2D eigenvalue weighted by atomic mass is 10.3. The molecule has 0 aromatic rings. The minimum atomic E-state index is -1.01. The van der Waals surface area contributed by atoms with E-state index in [1.54, 1.807) is 0 Å². The van der Waals surface area contributed by atoms with Gasteiger partial charge in [0.05, 0.1) is 18.5 Å². The molecule has 88 valence electrons. The summed E-state index contributed by atoms with van der Waals surface area (Å²) in [6, 6.07) is 0. The smallest absolute Gasteiger partial charge is 0.334 e. The third-order valence-electron chi connectivity index (χ3n) is 1.79. The Morgan fingerprint density at radius 3 is 2.47 bits per heavy atom. The first kappa shape index (κ1) is 14.5. The summed E-state index contributed by atoms with van der Waals surface area (Å²) in [6.45, 7) is 2.37. The lowest BCUT2D eigenvalue weighted by molar-refractivity contribution is -0.158. The second-order valence-corrected chi connectivity index (χ2v) is 3.57. The number of aliphatic carboxylic acids is 1. The fourth-order valence-corrected chi connectivity index (χ4v) is 1.08. The van der Waals surface area contributed by atoms with Gasteiger partial charge < -0.3 is 14.7 Å². The van der Waals surface area contributed by atoms with E-state index in [4.69, 9.17) is 33.0 Å². The van der Waals surface area contributed by atoms with Crippen LogP contribution in [0.2, 0.25) is 0 Å². The van der Waals surface area contributed by atoms with Crippen molar-refractivity contribution in [3.63, 3.8) is 0 Å². The predicted molar refractivity (Wildman–Crippen MR) is 56.2 cm³/mol. The first-order valence-electron chi connectivity index (χ1n) is 4.24. The van der Waals surface area contributed by atoms with Gasteiger partial charge in [-0.25, -0.2) is 4.79 Å². The highest BCUT2D eigenvalue weighted by molar-refractivity contribution is 6.40. The van der Waals surface area contributed by atoms with Crippen LogP contribution in [-0.4, -0.2) is 53.0 Å². The van der Waals surface area contributed by atoms with E-state index in [0.717, 1.165) is 0 Å². The normalized spacial score (nSPS) is 20.2. The number of carbonyl (C=O) groups is 2. The minimum Gasteiger partial charge on any atom is -0.479 e. The zero-order valence-electron chi connectivity index (χ0n) is 8.28. The van der Waals surface area contributed by atoms with Crippen molar-refractivity contribution >= 4 is 35.1 Å². The van der Waals surface area contributed by atoms with E-state index in [2.05, 4.69) is 0 Å². The zero-order valence-corrected chi connectivity index (χ0v) is 9.79. The molecule has 15 heavy (non-hydrogen) atoms. The van der Waals surface area contributed by atoms with E-state index >= 15 is 0 Å². The van der Waals surface area contributed by atoms with Gasteiger partial charge in [0.15, 0.2) is 6.10 Å². The number of alkyl halides is 2. The topological polar surface area (TPSA) is 66.8 Å². The molecule has 1 aliphatic rings. The van der Waals surface area contributed by atoms with Gasteiger partial charge in [0.2, 0.25) is 5.91 Å². The predicted octanol–water partition coefficient (Wildman–Crippen LogP) is 0.740. The Labute approximate surface area is 97.9 Å². The van der Waals surface area contributed by atoms with Crippen molar-refractivity contribution < 1.29 is 19.4 Å². The number of ether oxygens (including phenoxy) is 1. The molecular weight excluding hydrogens is 245 g/mol. The summed E-state index contributed by atoms with van der Waals surface area (Å²) >= 11 is 9.53. The molecule has 1 heterocycles. The van der Waals surface area contributed by atoms with Gasteiger partial charge in [-0.15, -0.1) is 23.2 Å². The van der Waals surface area contributed by atoms with Crippen molar-refractivity contribution in [2.45, 2.75) is 13.0 Å². The Kier molecular flexibility index (Phi) is 7.46. The fraction of sp³-hybridized carbons (Fsp3) is 0.750. The van der Waals surface area contributed by atoms with Gasteiger partial charge in [-0.05, 0) is 0 Å². The van der Waals surface area contributed by atoms with Crippen molar-refractivity contribution in [2.24, 2.45) is 0 Å². The Bertz CT molecular complexity index is 205. The zero-order chi connectivity index (χ0) is 11.8. The standard InChI is InChI=1S/C7H11NO4.CH2Cl2/c1-5(9)8-2-3-12-6(4-8)7(10)11;2-1-3/h6H,2-4H2,1H3,(H,10,11);1H2. The molecule has 1 N–H and O–H groups in total. The van der Waals surface area contributed by atoms with Crippen LogP contribution in [0.4, 0.5) is 0 Å². The van der Waals surface area contributed by atoms with Crippen molar-refractivity contribution in [3.8, 4) is 0 Å². The van der Waals surface area contributed by atoms with Crippen LogP contribution < -0.4 is 0 Å². The summed E-state index contributed by atoms with van der Waals surface area (Å²) in [5, 5.41) is 8.77. The average molecular weight is 258 g/mol. The van der Waals surface area contributed by atoms with Crippen LogP contribution in [0, 0.1) is 0 Å². The van der Waals surface area contributed by atoms with Crippen LogP contribution in [0.25, 0.3) is 0 Å². The fourth-order valence-electron chi connectivity index (χ4n) is 1.08. The van der Waals surface area contributed by atoms with Gasteiger partial charge in [-0.1, -0.05) is 0 Å². The average Bonchev–Trinajstić information content (AvgIpc) is 2.19. The largest absolute Gasteiger partial charge is 0.479 e. The van der Waals surface area contributed by atoms with Crippen LogP contribution in [0.3, 0.4) is 0 Å². The number of halogens is 2. The molecule has 0 spiro atoms. The van der Waals surface area contributed by atoms with Gasteiger partial charge in [-0.2, -0.15) is 0 Å². The molecule has 1 rings (SSSR count). The number of hydrogen-bond donors (Lipinski definition) is 1. The molecule has 0 aromatic carbocycles. The summed E-state index contributed by atoms with van der Waals surface area (Å²) in [5.74, 6) is -1.12. The van der Waals surface area contributed by atoms with E-state index in [0.29, 0.717) is 13.2 Å². The summed E-state index contributed by atoms with van der Waals surface area (Å²) in [5.41, 5.74) is 0. The maximum atomic E-state index is 10.8. The lowest BCUT2D eigenvalue weighted by Crippen LogP contribution is -2.47. The summed E-state index contributed by atoms with van der Waals surface area (Å²) in [6.07, 6.45) is -0.859. The van der Waals surface area contributed by atoms with Gasteiger partial charge in [0.25, 0.3) is 0 Å². The Balaban J connectivity index is 0.000000583. The third-order valence-corrected chi connectivity index (χ3v) is 1.79. The molecule has 1 aliphatic heterocycles. The Hall–Kier alpha value is -0.520. The number of morpholine rings is 1. The summed E-state index contributed by atoms with van der Waals surface area (Å²) < 4.78 is 4.93. The summed E-state index contributed by atoms with van der Waals surface area (Å²) in [7, 11) is 0. The molecule has 1 fully saturated rings. The van der Waals surface area contributed by atoms with Crippen LogP contribution in [0.15, 0.2) is 0 Å². The quantitative estimate of drug-likeness (QED) is 0.704. The number of amides is 1. The van der Waals surface area contributed by atoms with Crippen LogP contribution in [0.5, 0.6) is 0 Å². The number of rotatable bonds is 1. The van der Waals surface area contributed by atoms with E-state index in [1.807, 2.05) is 0 Å². The van der Waals surface area contributed by atoms with E-state index in [9.17, 15) is 9.59 Å². The second-order valence-electron chi connectivity index (χ2n) is 2.76. The highest BCUT2D eigenvalue weighted by Gasteiger charge is 2.27. The molecule has 7 heteroatoms. The van der Waals surface area contributed by atoms with Gasteiger partial charge in [-0.3, -0.25) is 4.79 Å². The van der Waals surface area contributed by atoms with Crippen molar-refractivity contribution in [3.05, 3.63) is 0 Å². The van der Waals surface area contributed by atoms with E-state index < -0.39 is 12.1 Å². The Morgan fingerprint density at radius 1 is 1.53 bits per heavy atom. The van der Waals surface area contributed by atoms with E-state index in [-0.39, 0.29) is 17.8 Å². The molecule has 0 aliphatic carbocycles.